The highest BCUT2D eigenvalue weighted by atomic mass is 16.7. The van der Waals surface area contributed by atoms with Crippen LogP contribution in [0.4, 0.5) is 0 Å². The predicted octanol–water partition coefficient (Wildman–Crippen LogP) is 0.849. The summed E-state index contributed by atoms with van der Waals surface area (Å²) < 4.78 is 0. The molecule has 0 aromatic heterocycles. The average molecular weight is 150 g/mol. The first-order valence-corrected chi connectivity index (χ1v) is 3.56. The second kappa shape index (κ2) is 2.22. The summed E-state index contributed by atoms with van der Waals surface area (Å²) in [6.45, 7) is 2.02. The average Bonchev–Trinajstić information content (AvgIpc) is 2.32. The van der Waals surface area contributed by atoms with Crippen LogP contribution in [0.25, 0.3) is 0 Å². The van der Waals surface area contributed by atoms with Gasteiger partial charge in [0.05, 0.1) is 0 Å². The molecule has 0 bridgehead atoms. The van der Waals surface area contributed by atoms with Gasteiger partial charge in [0.15, 0.2) is 5.75 Å². The number of nitrogens with two attached hydrogens (primary N) is 1. The molecule has 2 rings (SSSR count). The van der Waals surface area contributed by atoms with Gasteiger partial charge in [0.25, 0.3) is 0 Å². The monoisotopic (exact) mass is 150 g/mol. The fraction of sp³-hybridized carbons (Fsp3) is 0.250. The lowest BCUT2D eigenvalue weighted by atomic mass is 10.1. The van der Waals surface area contributed by atoms with E-state index in [0.717, 1.165) is 11.3 Å². The van der Waals surface area contributed by atoms with Crippen LogP contribution in [0.2, 0.25) is 0 Å². The molecular weight excluding hydrogens is 140 g/mol. The van der Waals surface area contributed by atoms with Gasteiger partial charge in [0.2, 0.25) is 0 Å². The molecule has 0 radical (unpaired) electrons. The van der Waals surface area contributed by atoms with E-state index in [0.29, 0.717) is 0 Å². The van der Waals surface area contributed by atoms with Crippen molar-refractivity contribution in [3.63, 3.8) is 0 Å². The van der Waals surface area contributed by atoms with Crippen molar-refractivity contribution in [3.8, 4) is 5.75 Å². The van der Waals surface area contributed by atoms with Gasteiger partial charge in [-0.15, -0.1) is 5.48 Å². The number of nitrogens with one attached hydrogen (secondary N) is 1. The van der Waals surface area contributed by atoms with E-state index in [2.05, 4.69) is 5.48 Å². The Hall–Kier alpha value is -1.06. The highest BCUT2D eigenvalue weighted by Gasteiger charge is 2.19. The van der Waals surface area contributed by atoms with Gasteiger partial charge in [-0.1, -0.05) is 12.1 Å². The van der Waals surface area contributed by atoms with Crippen molar-refractivity contribution < 1.29 is 4.84 Å². The number of hydrogen-bond donors (Lipinski definition) is 2. The van der Waals surface area contributed by atoms with Crippen molar-refractivity contribution in [2.45, 2.75) is 13.1 Å². The van der Waals surface area contributed by atoms with E-state index in [1.165, 1.54) is 5.56 Å². The molecule has 3 heteroatoms. The number of fused-ring (bicyclic) bond motifs is 1. The molecular formula is C8H10N2O. The van der Waals surface area contributed by atoms with Crippen molar-refractivity contribution in [2.75, 3.05) is 0 Å². The van der Waals surface area contributed by atoms with Gasteiger partial charge in [0.1, 0.15) is 6.17 Å². The van der Waals surface area contributed by atoms with Crippen molar-refractivity contribution in [2.24, 2.45) is 5.73 Å². The molecule has 0 amide bonds. The summed E-state index contributed by atoms with van der Waals surface area (Å²) in [6, 6.07) is 5.97. The first-order chi connectivity index (χ1) is 5.27. The Balaban J connectivity index is 2.50. The van der Waals surface area contributed by atoms with Gasteiger partial charge < -0.3 is 10.6 Å². The predicted molar refractivity (Wildman–Crippen MR) is 41.9 cm³/mol. The minimum absolute atomic E-state index is 0.175. The van der Waals surface area contributed by atoms with Gasteiger partial charge in [-0.25, -0.2) is 0 Å². The second-order valence-corrected chi connectivity index (χ2v) is 2.74. The molecule has 1 heterocycles. The minimum Gasteiger partial charge on any atom is -0.406 e. The number of rotatable bonds is 0. The van der Waals surface area contributed by atoms with E-state index in [9.17, 15) is 0 Å². The van der Waals surface area contributed by atoms with Gasteiger partial charge >= 0.3 is 0 Å². The largest absolute Gasteiger partial charge is 0.406 e. The van der Waals surface area contributed by atoms with Crippen LogP contribution in [0.1, 0.15) is 17.3 Å². The second-order valence-electron chi connectivity index (χ2n) is 2.74. The lowest BCUT2D eigenvalue weighted by Crippen LogP contribution is -2.23. The van der Waals surface area contributed by atoms with Gasteiger partial charge in [0, 0.05) is 5.56 Å². The third-order valence-electron chi connectivity index (χ3n) is 1.80. The SMILES string of the molecule is Cc1ccc2c(c1)ONC2N. The molecule has 3 nitrogen and oxygen atoms in total. The van der Waals surface area contributed by atoms with Gasteiger partial charge in [-0.05, 0) is 18.6 Å². The Morgan fingerprint density at radius 3 is 3.18 bits per heavy atom. The minimum atomic E-state index is -0.175. The Labute approximate surface area is 65.1 Å². The number of aryl methyl sites for hydroxylation is 1. The van der Waals surface area contributed by atoms with Crippen LogP contribution in [-0.2, 0) is 0 Å². The molecule has 58 valence electrons. The fourth-order valence-corrected chi connectivity index (χ4v) is 1.18. The quantitative estimate of drug-likeness (QED) is 0.576. The molecule has 3 N–H and O–H groups in total. The van der Waals surface area contributed by atoms with E-state index in [-0.39, 0.29) is 6.17 Å². The Bertz CT molecular complexity index is 285. The Kier molecular flexibility index (Phi) is 1.34. The Morgan fingerprint density at radius 1 is 1.55 bits per heavy atom. The normalized spacial score (nSPS) is 21.1. The summed E-state index contributed by atoms with van der Waals surface area (Å²) in [5.41, 5.74) is 10.6. The van der Waals surface area contributed by atoms with Crippen LogP contribution in [0, 0.1) is 6.92 Å². The van der Waals surface area contributed by atoms with E-state index in [1.54, 1.807) is 0 Å². The molecule has 0 fully saturated rings. The summed E-state index contributed by atoms with van der Waals surface area (Å²) in [5, 5.41) is 0. The molecule has 1 aromatic carbocycles. The number of hydrogen-bond acceptors (Lipinski definition) is 3. The molecule has 1 atom stereocenters. The van der Waals surface area contributed by atoms with E-state index >= 15 is 0 Å². The zero-order valence-electron chi connectivity index (χ0n) is 6.29. The van der Waals surface area contributed by atoms with Crippen LogP contribution >= 0.6 is 0 Å². The van der Waals surface area contributed by atoms with Crippen LogP contribution in [-0.4, -0.2) is 0 Å². The standard InChI is InChI=1S/C8H10N2O/c1-5-2-3-6-7(4-5)11-10-8(6)9/h2-4,8,10H,9H2,1H3. The van der Waals surface area contributed by atoms with E-state index in [1.807, 2.05) is 25.1 Å². The highest BCUT2D eigenvalue weighted by molar-refractivity contribution is 5.40. The molecule has 1 aromatic rings. The molecule has 0 saturated heterocycles. The zero-order valence-corrected chi connectivity index (χ0v) is 6.29. The highest BCUT2D eigenvalue weighted by Crippen LogP contribution is 2.28. The van der Waals surface area contributed by atoms with Crippen LogP contribution in [0.5, 0.6) is 5.75 Å². The van der Waals surface area contributed by atoms with Gasteiger partial charge in [-0.2, -0.15) is 0 Å². The number of benzene rings is 1. The van der Waals surface area contributed by atoms with E-state index in [4.69, 9.17) is 10.6 Å². The van der Waals surface area contributed by atoms with Gasteiger partial charge in [-0.3, -0.25) is 0 Å². The molecule has 11 heavy (non-hydrogen) atoms. The summed E-state index contributed by atoms with van der Waals surface area (Å²) >= 11 is 0. The molecule has 1 unspecified atom stereocenters. The summed E-state index contributed by atoms with van der Waals surface area (Å²) in [7, 11) is 0. The van der Waals surface area contributed by atoms with Crippen molar-refractivity contribution in [1.29, 1.82) is 0 Å². The first kappa shape index (κ1) is 6.64. The molecule has 0 aliphatic carbocycles. The summed E-state index contributed by atoms with van der Waals surface area (Å²) in [5.74, 6) is 0.845. The zero-order chi connectivity index (χ0) is 7.84. The third kappa shape index (κ3) is 0.982. The molecule has 0 spiro atoms. The smallest absolute Gasteiger partial charge is 0.153 e. The third-order valence-corrected chi connectivity index (χ3v) is 1.80. The maximum atomic E-state index is 5.66. The summed E-state index contributed by atoms with van der Waals surface area (Å²) in [6.07, 6.45) is -0.175. The van der Waals surface area contributed by atoms with Crippen LogP contribution in [0.15, 0.2) is 18.2 Å². The number of hydroxylamine groups is 1. The molecule has 0 saturated carbocycles. The lowest BCUT2D eigenvalue weighted by molar-refractivity contribution is 0.196. The molecule has 1 aliphatic rings. The van der Waals surface area contributed by atoms with E-state index < -0.39 is 0 Å². The topological polar surface area (TPSA) is 47.3 Å². The lowest BCUT2D eigenvalue weighted by Gasteiger charge is -1.98. The maximum absolute atomic E-state index is 5.66. The van der Waals surface area contributed by atoms with Crippen LogP contribution < -0.4 is 16.1 Å². The fourth-order valence-electron chi connectivity index (χ4n) is 1.18. The van der Waals surface area contributed by atoms with Crippen LogP contribution in [0.3, 0.4) is 0 Å². The van der Waals surface area contributed by atoms with Crippen molar-refractivity contribution in [3.05, 3.63) is 29.3 Å². The Morgan fingerprint density at radius 2 is 2.36 bits per heavy atom. The van der Waals surface area contributed by atoms with Crippen molar-refractivity contribution in [1.82, 2.24) is 5.48 Å². The first-order valence-electron chi connectivity index (χ1n) is 3.56. The summed E-state index contributed by atoms with van der Waals surface area (Å²) in [4.78, 5) is 5.12. The maximum Gasteiger partial charge on any atom is 0.153 e. The van der Waals surface area contributed by atoms with Crippen molar-refractivity contribution >= 4 is 0 Å². The molecule has 1 aliphatic heterocycles.